The van der Waals surface area contributed by atoms with E-state index in [4.69, 9.17) is 5.73 Å². The number of nitrogen functional groups attached to an aromatic ring is 1. The van der Waals surface area contributed by atoms with Crippen molar-refractivity contribution in [3.63, 3.8) is 0 Å². The van der Waals surface area contributed by atoms with Crippen molar-refractivity contribution < 1.29 is 0 Å². The summed E-state index contributed by atoms with van der Waals surface area (Å²) in [7, 11) is 0. The van der Waals surface area contributed by atoms with E-state index in [1.807, 2.05) is 24.1 Å². The molecule has 2 aliphatic rings. The number of hydrogen-bond donors (Lipinski definition) is 1. The largest absolute Gasteiger partial charge is 0.399 e. The summed E-state index contributed by atoms with van der Waals surface area (Å²) in [6.07, 6.45) is 7.26. The Morgan fingerprint density at radius 2 is 1.56 bits per heavy atom. The minimum atomic E-state index is 0.850. The number of rotatable bonds is 3. The van der Waals surface area contributed by atoms with Gasteiger partial charge in [-0.1, -0.05) is 19.3 Å². The molecule has 3 rings (SSSR count). The summed E-state index contributed by atoms with van der Waals surface area (Å²) >= 11 is 1.89. The van der Waals surface area contributed by atoms with E-state index in [0.29, 0.717) is 0 Å². The fourth-order valence-electron chi connectivity index (χ4n) is 3.03. The van der Waals surface area contributed by atoms with E-state index in [-0.39, 0.29) is 0 Å². The average Bonchev–Trinajstić information content (AvgIpc) is 2.32. The van der Waals surface area contributed by atoms with Gasteiger partial charge in [-0.25, -0.2) is 4.31 Å². The van der Waals surface area contributed by atoms with Crippen molar-refractivity contribution in [2.45, 2.75) is 37.0 Å². The zero-order chi connectivity index (χ0) is 12.4. The first-order valence-corrected chi connectivity index (χ1v) is 7.87. The molecule has 2 N–H and O–H groups in total. The Morgan fingerprint density at radius 1 is 0.944 bits per heavy atom. The van der Waals surface area contributed by atoms with Crippen LogP contribution >= 0.6 is 11.9 Å². The van der Waals surface area contributed by atoms with Crippen molar-refractivity contribution in [1.29, 1.82) is 0 Å². The normalized spacial score (nSPS) is 22.9. The summed E-state index contributed by atoms with van der Waals surface area (Å²) in [4.78, 5) is 1.31. The summed E-state index contributed by atoms with van der Waals surface area (Å²) in [6.45, 7) is 2.49. The van der Waals surface area contributed by atoms with Gasteiger partial charge in [-0.2, -0.15) is 0 Å². The van der Waals surface area contributed by atoms with Gasteiger partial charge in [0.1, 0.15) is 0 Å². The predicted octanol–water partition coefficient (Wildman–Crippen LogP) is 3.79. The first kappa shape index (κ1) is 12.4. The maximum Gasteiger partial charge on any atom is 0.0314 e. The first-order chi connectivity index (χ1) is 8.81. The number of anilines is 1. The summed E-state index contributed by atoms with van der Waals surface area (Å²) in [6, 6.07) is 8.23. The highest BCUT2D eigenvalue weighted by Crippen LogP contribution is 2.40. The van der Waals surface area contributed by atoms with Crippen LogP contribution in [0.4, 0.5) is 5.69 Å². The third kappa shape index (κ3) is 2.83. The topological polar surface area (TPSA) is 29.3 Å². The lowest BCUT2D eigenvalue weighted by Crippen LogP contribution is -2.34. The van der Waals surface area contributed by atoms with Gasteiger partial charge < -0.3 is 5.73 Å². The van der Waals surface area contributed by atoms with Crippen LogP contribution in [0.2, 0.25) is 0 Å². The van der Waals surface area contributed by atoms with Crippen LogP contribution in [-0.4, -0.2) is 17.4 Å². The smallest absolute Gasteiger partial charge is 0.0314 e. The van der Waals surface area contributed by atoms with E-state index in [1.54, 1.807) is 0 Å². The molecule has 98 valence electrons. The van der Waals surface area contributed by atoms with Gasteiger partial charge in [-0.05, 0) is 60.9 Å². The third-order valence-electron chi connectivity index (χ3n) is 4.43. The highest BCUT2D eigenvalue weighted by molar-refractivity contribution is 7.97. The van der Waals surface area contributed by atoms with Crippen molar-refractivity contribution in [2.75, 3.05) is 18.8 Å². The second kappa shape index (κ2) is 5.54. The second-order valence-electron chi connectivity index (χ2n) is 5.62. The van der Waals surface area contributed by atoms with E-state index in [1.165, 1.54) is 50.1 Å². The molecule has 0 unspecified atom stereocenters. The van der Waals surface area contributed by atoms with Crippen LogP contribution in [0.15, 0.2) is 29.2 Å². The van der Waals surface area contributed by atoms with Gasteiger partial charge in [0.05, 0.1) is 0 Å². The quantitative estimate of drug-likeness (QED) is 0.664. The summed E-state index contributed by atoms with van der Waals surface area (Å²) in [5.74, 6) is 2.08. The van der Waals surface area contributed by atoms with Gasteiger partial charge in [0.15, 0.2) is 0 Å². The maximum absolute atomic E-state index is 5.71. The molecule has 18 heavy (non-hydrogen) atoms. The van der Waals surface area contributed by atoms with Crippen molar-refractivity contribution in [3.8, 4) is 0 Å². The molecule has 1 saturated heterocycles. The Labute approximate surface area is 114 Å². The highest BCUT2D eigenvalue weighted by atomic mass is 32.2. The minimum absolute atomic E-state index is 0.850. The molecule has 1 saturated carbocycles. The number of piperidine rings is 1. The van der Waals surface area contributed by atoms with E-state index in [9.17, 15) is 0 Å². The van der Waals surface area contributed by atoms with Gasteiger partial charge in [0.25, 0.3) is 0 Å². The van der Waals surface area contributed by atoms with Crippen molar-refractivity contribution in [2.24, 2.45) is 11.8 Å². The molecule has 0 bridgehead atoms. The molecule has 2 nitrogen and oxygen atoms in total. The van der Waals surface area contributed by atoms with Crippen molar-refractivity contribution in [3.05, 3.63) is 24.3 Å². The van der Waals surface area contributed by atoms with Crippen LogP contribution in [0.5, 0.6) is 0 Å². The number of benzene rings is 1. The summed E-state index contributed by atoms with van der Waals surface area (Å²) in [5, 5.41) is 0. The molecule has 3 heteroatoms. The molecule has 1 heterocycles. The van der Waals surface area contributed by atoms with E-state index in [0.717, 1.165) is 17.5 Å². The number of nitrogens with two attached hydrogens (primary N) is 1. The molecule has 1 aliphatic heterocycles. The van der Waals surface area contributed by atoms with Gasteiger partial charge >= 0.3 is 0 Å². The molecule has 0 radical (unpaired) electrons. The SMILES string of the molecule is Nc1ccc(SN2CCC(C3CCC3)CC2)cc1. The second-order valence-corrected chi connectivity index (χ2v) is 6.79. The fraction of sp³-hybridized carbons (Fsp3) is 0.600. The van der Waals surface area contributed by atoms with Gasteiger partial charge in [-0.15, -0.1) is 0 Å². The van der Waals surface area contributed by atoms with Crippen LogP contribution in [0, 0.1) is 11.8 Å². The minimum Gasteiger partial charge on any atom is -0.399 e. The highest BCUT2D eigenvalue weighted by Gasteiger charge is 2.30. The maximum atomic E-state index is 5.71. The molecule has 0 spiro atoms. The zero-order valence-corrected chi connectivity index (χ0v) is 11.7. The number of hydrogen-bond acceptors (Lipinski definition) is 3. The van der Waals surface area contributed by atoms with Crippen molar-refractivity contribution in [1.82, 2.24) is 4.31 Å². The van der Waals surface area contributed by atoms with E-state index >= 15 is 0 Å². The summed E-state index contributed by atoms with van der Waals surface area (Å²) in [5.41, 5.74) is 6.56. The van der Waals surface area contributed by atoms with Gasteiger partial charge in [0, 0.05) is 23.7 Å². The Balaban J connectivity index is 1.48. The standard InChI is InChI=1S/C15H22N2S/c16-14-4-6-15(7-5-14)18-17-10-8-13(9-11-17)12-2-1-3-12/h4-7,12-13H,1-3,8-11,16H2. The molecule has 0 amide bonds. The summed E-state index contributed by atoms with van der Waals surface area (Å²) < 4.78 is 2.51. The molecular formula is C15H22N2S. The lowest BCUT2D eigenvalue weighted by molar-refractivity contribution is 0.146. The predicted molar refractivity (Wildman–Crippen MR) is 78.3 cm³/mol. The molecule has 0 atom stereocenters. The monoisotopic (exact) mass is 262 g/mol. The van der Waals surface area contributed by atoms with Gasteiger partial charge in [-0.3, -0.25) is 0 Å². The van der Waals surface area contributed by atoms with Gasteiger partial charge in [0.2, 0.25) is 0 Å². The Bertz CT molecular complexity index is 378. The molecule has 1 aliphatic carbocycles. The Morgan fingerprint density at radius 3 is 2.11 bits per heavy atom. The molecule has 0 aromatic heterocycles. The Kier molecular flexibility index (Phi) is 3.80. The van der Waals surface area contributed by atoms with E-state index in [2.05, 4.69) is 16.4 Å². The average molecular weight is 262 g/mol. The molecule has 1 aromatic carbocycles. The van der Waals surface area contributed by atoms with Crippen LogP contribution < -0.4 is 5.73 Å². The third-order valence-corrected chi connectivity index (χ3v) is 5.54. The molecule has 1 aromatic rings. The fourth-order valence-corrected chi connectivity index (χ4v) is 3.98. The van der Waals surface area contributed by atoms with Crippen LogP contribution in [0.25, 0.3) is 0 Å². The molecule has 2 fully saturated rings. The van der Waals surface area contributed by atoms with Crippen LogP contribution in [0.3, 0.4) is 0 Å². The Hall–Kier alpha value is -0.670. The van der Waals surface area contributed by atoms with E-state index < -0.39 is 0 Å². The van der Waals surface area contributed by atoms with Crippen molar-refractivity contribution >= 4 is 17.6 Å². The molecular weight excluding hydrogens is 240 g/mol. The lowest BCUT2D eigenvalue weighted by Gasteiger charge is -2.39. The first-order valence-electron chi connectivity index (χ1n) is 7.10. The van der Waals surface area contributed by atoms with Crippen LogP contribution in [0.1, 0.15) is 32.1 Å². The lowest BCUT2D eigenvalue weighted by atomic mass is 9.72. The number of nitrogens with zero attached hydrogens (tertiary/aromatic N) is 1. The van der Waals surface area contributed by atoms with Crippen LogP contribution in [-0.2, 0) is 0 Å². The zero-order valence-electron chi connectivity index (χ0n) is 10.8.